The van der Waals surface area contributed by atoms with Crippen molar-refractivity contribution in [1.29, 1.82) is 0 Å². The molecule has 4 heterocycles. The first kappa shape index (κ1) is 19.6. The number of aromatic nitrogens is 4. The molecule has 1 atom stereocenters. The minimum absolute atomic E-state index is 0.0927. The lowest BCUT2D eigenvalue weighted by Crippen LogP contribution is -2.41. The number of hydrogen-bond acceptors (Lipinski definition) is 7. The summed E-state index contributed by atoms with van der Waals surface area (Å²) in [6, 6.07) is 13.9. The number of benzene rings is 1. The van der Waals surface area contributed by atoms with E-state index in [1.165, 1.54) is 23.5 Å². The Kier molecular flexibility index (Phi) is 5.31. The van der Waals surface area contributed by atoms with Crippen LogP contribution in [-0.4, -0.2) is 39.2 Å². The molecule has 1 saturated heterocycles. The van der Waals surface area contributed by atoms with Crippen LogP contribution in [-0.2, 0) is 11.8 Å². The number of morpholine rings is 1. The third-order valence-corrected chi connectivity index (χ3v) is 6.13. The molecular formula is C23H21N5O2S. The minimum atomic E-state index is -0.123. The van der Waals surface area contributed by atoms with E-state index >= 15 is 0 Å². The molecule has 4 aromatic rings. The average molecular weight is 432 g/mol. The molecule has 0 saturated carbocycles. The van der Waals surface area contributed by atoms with E-state index in [-0.39, 0.29) is 11.7 Å². The molecular weight excluding hydrogens is 410 g/mol. The highest BCUT2D eigenvalue weighted by atomic mass is 32.1. The number of nitrogens with zero attached hydrogens (tertiary/aromatic N) is 5. The zero-order valence-electron chi connectivity index (χ0n) is 17.0. The SMILES string of the molecule is Cn1c(N2CCOC(c3ccc(-c4ccsc4)cc3)C2)nc(-c2ccncn2)cc1=O. The summed E-state index contributed by atoms with van der Waals surface area (Å²) in [5.41, 5.74) is 4.58. The van der Waals surface area contributed by atoms with Crippen molar-refractivity contribution in [2.75, 3.05) is 24.6 Å². The van der Waals surface area contributed by atoms with E-state index in [1.807, 2.05) is 0 Å². The lowest BCUT2D eigenvalue weighted by Gasteiger charge is -2.34. The van der Waals surface area contributed by atoms with Crippen LogP contribution in [0.3, 0.4) is 0 Å². The number of rotatable bonds is 4. The van der Waals surface area contributed by atoms with E-state index in [0.717, 1.165) is 5.56 Å². The molecule has 1 aliphatic rings. The lowest BCUT2D eigenvalue weighted by atomic mass is 10.0. The van der Waals surface area contributed by atoms with Gasteiger partial charge >= 0.3 is 0 Å². The van der Waals surface area contributed by atoms with Crippen LogP contribution in [0.15, 0.2) is 70.5 Å². The van der Waals surface area contributed by atoms with Crippen molar-refractivity contribution >= 4 is 17.3 Å². The molecule has 0 aliphatic carbocycles. The Morgan fingerprint density at radius 2 is 1.97 bits per heavy atom. The van der Waals surface area contributed by atoms with Crippen molar-refractivity contribution in [3.63, 3.8) is 0 Å². The summed E-state index contributed by atoms with van der Waals surface area (Å²) in [4.78, 5) is 27.6. The molecule has 0 bridgehead atoms. The Morgan fingerprint density at radius 1 is 1.10 bits per heavy atom. The first-order chi connectivity index (χ1) is 15.2. The van der Waals surface area contributed by atoms with Gasteiger partial charge in [-0.1, -0.05) is 24.3 Å². The van der Waals surface area contributed by atoms with Gasteiger partial charge in [0.25, 0.3) is 5.56 Å². The Morgan fingerprint density at radius 3 is 2.71 bits per heavy atom. The fourth-order valence-electron chi connectivity index (χ4n) is 3.74. The molecule has 5 rings (SSSR count). The maximum Gasteiger partial charge on any atom is 0.255 e. The topological polar surface area (TPSA) is 73.1 Å². The van der Waals surface area contributed by atoms with Gasteiger partial charge in [0, 0.05) is 25.9 Å². The molecule has 1 aromatic carbocycles. The van der Waals surface area contributed by atoms with Crippen LogP contribution in [0.25, 0.3) is 22.5 Å². The normalized spacial score (nSPS) is 16.4. The predicted molar refractivity (Wildman–Crippen MR) is 121 cm³/mol. The van der Waals surface area contributed by atoms with Crippen molar-refractivity contribution in [3.8, 4) is 22.5 Å². The van der Waals surface area contributed by atoms with Crippen LogP contribution in [0.1, 0.15) is 11.7 Å². The smallest absolute Gasteiger partial charge is 0.255 e. The summed E-state index contributed by atoms with van der Waals surface area (Å²) in [7, 11) is 1.74. The fraction of sp³-hybridized carbons (Fsp3) is 0.217. The Bertz CT molecular complexity index is 1220. The number of ether oxygens (including phenoxy) is 1. The van der Waals surface area contributed by atoms with Gasteiger partial charge in [-0.2, -0.15) is 11.3 Å². The van der Waals surface area contributed by atoms with Crippen LogP contribution in [0.2, 0.25) is 0 Å². The third-order valence-electron chi connectivity index (χ3n) is 5.44. The van der Waals surface area contributed by atoms with Crippen molar-refractivity contribution < 1.29 is 4.74 Å². The highest BCUT2D eigenvalue weighted by molar-refractivity contribution is 7.08. The Balaban J connectivity index is 1.42. The molecule has 7 nitrogen and oxygen atoms in total. The first-order valence-electron chi connectivity index (χ1n) is 10.0. The van der Waals surface area contributed by atoms with E-state index in [9.17, 15) is 4.79 Å². The number of thiophene rings is 1. The maximum atomic E-state index is 12.6. The van der Waals surface area contributed by atoms with E-state index in [2.05, 4.69) is 56.0 Å². The van der Waals surface area contributed by atoms with Crippen molar-refractivity contribution in [1.82, 2.24) is 19.5 Å². The van der Waals surface area contributed by atoms with Crippen LogP contribution >= 0.6 is 11.3 Å². The number of hydrogen-bond donors (Lipinski definition) is 0. The van der Waals surface area contributed by atoms with Gasteiger partial charge in [-0.05, 0) is 39.6 Å². The largest absolute Gasteiger partial charge is 0.370 e. The standard InChI is InChI=1S/C23H21N5O2S/c1-27-22(29)12-20(19-6-8-24-15-25-19)26-23(27)28-9-10-30-21(13-28)17-4-2-16(3-5-17)18-7-11-31-14-18/h2-8,11-12,14-15,21H,9-10,13H2,1H3. The third kappa shape index (κ3) is 3.99. The van der Waals surface area contributed by atoms with E-state index in [1.54, 1.807) is 35.2 Å². The van der Waals surface area contributed by atoms with Gasteiger partial charge in [0.05, 0.1) is 24.5 Å². The average Bonchev–Trinajstić information content (AvgIpc) is 3.37. The van der Waals surface area contributed by atoms with Gasteiger partial charge in [0.1, 0.15) is 12.4 Å². The van der Waals surface area contributed by atoms with Gasteiger partial charge in [-0.25, -0.2) is 15.0 Å². The molecule has 156 valence electrons. The Labute approximate surface area is 183 Å². The molecule has 1 unspecified atom stereocenters. The first-order valence-corrected chi connectivity index (χ1v) is 11.0. The molecule has 0 spiro atoms. The monoisotopic (exact) mass is 431 g/mol. The summed E-state index contributed by atoms with van der Waals surface area (Å²) < 4.78 is 7.63. The molecule has 0 radical (unpaired) electrons. The summed E-state index contributed by atoms with van der Waals surface area (Å²) in [6.07, 6.45) is 3.01. The molecule has 0 N–H and O–H groups in total. The van der Waals surface area contributed by atoms with Crippen molar-refractivity contribution in [3.05, 3.63) is 81.7 Å². The lowest BCUT2D eigenvalue weighted by molar-refractivity contribution is 0.0390. The highest BCUT2D eigenvalue weighted by Crippen LogP contribution is 2.28. The Hall–Kier alpha value is -3.36. The zero-order chi connectivity index (χ0) is 21.2. The van der Waals surface area contributed by atoms with E-state index < -0.39 is 0 Å². The summed E-state index contributed by atoms with van der Waals surface area (Å²) >= 11 is 1.69. The van der Waals surface area contributed by atoms with Crippen LogP contribution in [0.4, 0.5) is 5.95 Å². The summed E-state index contributed by atoms with van der Waals surface area (Å²) in [5, 5.41) is 4.23. The van der Waals surface area contributed by atoms with Crippen LogP contribution in [0, 0.1) is 0 Å². The molecule has 1 fully saturated rings. The molecule has 31 heavy (non-hydrogen) atoms. The van der Waals surface area contributed by atoms with Gasteiger partial charge < -0.3 is 9.64 Å². The van der Waals surface area contributed by atoms with Gasteiger partial charge in [0.2, 0.25) is 5.95 Å². The van der Waals surface area contributed by atoms with Gasteiger partial charge in [-0.3, -0.25) is 9.36 Å². The minimum Gasteiger partial charge on any atom is -0.370 e. The fourth-order valence-corrected chi connectivity index (χ4v) is 4.40. The van der Waals surface area contributed by atoms with Crippen LogP contribution < -0.4 is 10.5 Å². The van der Waals surface area contributed by atoms with Crippen molar-refractivity contribution in [2.24, 2.45) is 7.05 Å². The van der Waals surface area contributed by atoms with Crippen molar-refractivity contribution in [2.45, 2.75) is 6.10 Å². The highest BCUT2D eigenvalue weighted by Gasteiger charge is 2.25. The molecule has 8 heteroatoms. The second-order valence-electron chi connectivity index (χ2n) is 7.37. The summed E-state index contributed by atoms with van der Waals surface area (Å²) in [6.45, 7) is 1.84. The molecule has 3 aromatic heterocycles. The molecule has 0 amide bonds. The van der Waals surface area contributed by atoms with Gasteiger partial charge in [0.15, 0.2) is 0 Å². The van der Waals surface area contributed by atoms with Crippen LogP contribution in [0.5, 0.6) is 0 Å². The maximum absolute atomic E-state index is 12.6. The number of anilines is 1. The van der Waals surface area contributed by atoms with E-state index in [0.29, 0.717) is 37.0 Å². The van der Waals surface area contributed by atoms with E-state index in [4.69, 9.17) is 9.72 Å². The molecule has 1 aliphatic heterocycles. The second kappa shape index (κ2) is 8.41. The summed E-state index contributed by atoms with van der Waals surface area (Å²) in [5.74, 6) is 0.615. The van der Waals surface area contributed by atoms with Gasteiger partial charge in [-0.15, -0.1) is 0 Å². The predicted octanol–water partition coefficient (Wildman–Crippen LogP) is 3.54. The second-order valence-corrected chi connectivity index (χ2v) is 8.15. The zero-order valence-corrected chi connectivity index (χ0v) is 17.8. The quantitative estimate of drug-likeness (QED) is 0.492.